The third kappa shape index (κ3) is 11.3. The Hall–Kier alpha value is -1.06. The maximum atomic E-state index is 13.3. The molecule has 2 aromatic rings. The summed E-state index contributed by atoms with van der Waals surface area (Å²) in [6, 6.07) is 11.9. The van der Waals surface area contributed by atoms with Gasteiger partial charge in [0.15, 0.2) is 0 Å². The third-order valence-electron chi connectivity index (χ3n) is 5.65. The monoisotopic (exact) mass is 651 g/mol. The molecule has 0 fully saturated rings. The second-order valence-corrected chi connectivity index (χ2v) is 11.0. The minimum absolute atomic E-state index is 0. The number of carbonyl (C=O) groups excluding carboxylic acids is 2. The van der Waals surface area contributed by atoms with Gasteiger partial charge in [0.1, 0.15) is 5.75 Å². The van der Waals surface area contributed by atoms with Crippen molar-refractivity contribution in [1.82, 2.24) is 9.62 Å². The van der Waals surface area contributed by atoms with Gasteiger partial charge in [-0.2, -0.15) is 4.31 Å². The van der Waals surface area contributed by atoms with Crippen LogP contribution in [0.3, 0.4) is 0 Å². The number of unbranched alkanes of at least 4 members (excludes halogenated alkanes) is 1. The molecule has 0 aliphatic heterocycles. The number of aryl methyl sites for hydroxylation is 1. The molecule has 0 saturated heterocycles. The summed E-state index contributed by atoms with van der Waals surface area (Å²) >= 11 is 0. The average Bonchev–Trinajstić information content (AvgIpc) is 2.83. The van der Waals surface area contributed by atoms with Crippen LogP contribution in [0.4, 0.5) is 5.69 Å². The number of carboxylic acids is 1. The zero-order valence-corrected chi connectivity index (χ0v) is 29.2. The Bertz CT molecular complexity index is 1110. The molecule has 0 unspecified atom stereocenters. The Morgan fingerprint density at radius 2 is 1.78 bits per heavy atom. The molecule has 37 heavy (non-hydrogen) atoms. The normalized spacial score (nSPS) is 12.1. The van der Waals surface area contributed by atoms with Crippen molar-refractivity contribution in [3.05, 3.63) is 54.1 Å². The molecule has 9 nitrogen and oxygen atoms in total. The van der Waals surface area contributed by atoms with Crippen LogP contribution in [0.15, 0.2) is 53.4 Å². The van der Waals surface area contributed by atoms with E-state index in [-0.39, 0.29) is 98.6 Å². The van der Waals surface area contributed by atoms with E-state index in [1.807, 2.05) is 38.1 Å². The number of anilines is 1. The van der Waals surface area contributed by atoms with Crippen molar-refractivity contribution in [1.29, 1.82) is 0 Å². The van der Waals surface area contributed by atoms with Crippen LogP contribution in [-0.2, 0) is 26.0 Å². The summed E-state index contributed by atoms with van der Waals surface area (Å²) in [4.78, 5) is 24.1. The number of nitrogens with one attached hydrogen (secondary N) is 1. The summed E-state index contributed by atoms with van der Waals surface area (Å²) in [7, 11) is -2.48. The van der Waals surface area contributed by atoms with Crippen LogP contribution in [0.5, 0.6) is 5.75 Å². The Morgan fingerprint density at radius 3 is 2.38 bits per heavy atom. The van der Waals surface area contributed by atoms with E-state index >= 15 is 0 Å². The molecule has 2 aromatic carbocycles. The number of nitrogen functional groups attached to an aromatic ring is 1. The number of hydrogen-bond acceptors (Lipinski definition) is 7. The molecule has 1 amide bonds. The van der Waals surface area contributed by atoms with E-state index in [1.54, 1.807) is 7.11 Å². The first-order valence-corrected chi connectivity index (χ1v) is 13.5. The zero-order chi connectivity index (χ0) is 26.7. The maximum Gasteiger partial charge on any atom is 1.00 e. The van der Waals surface area contributed by atoms with Crippen molar-refractivity contribution < 1.29 is 96.7 Å². The molecule has 198 valence electrons. The van der Waals surface area contributed by atoms with Crippen molar-refractivity contribution in [2.24, 2.45) is 5.92 Å². The third-order valence-corrected chi connectivity index (χ3v) is 7.54. The van der Waals surface area contributed by atoms with Crippen LogP contribution >= 0.6 is 0 Å². The molecule has 0 aromatic heterocycles. The van der Waals surface area contributed by atoms with Gasteiger partial charge >= 0.3 is 68.9 Å². The van der Waals surface area contributed by atoms with Crippen molar-refractivity contribution >= 4 is 27.6 Å². The molecule has 0 saturated carbocycles. The van der Waals surface area contributed by atoms with Crippen molar-refractivity contribution in [3.63, 3.8) is 0 Å². The SMILES string of the molecule is COc1cccc(CCC(=O)NCCCC[C@@H](C(=O)[O-])N(CC(C)C)S(=O)(=O)c2ccc(N)cc2)c1.[Cs+]. The summed E-state index contributed by atoms with van der Waals surface area (Å²) < 4.78 is 32.7. The number of carbonyl (C=O) groups is 2. The smallest absolute Gasteiger partial charge is 0.548 e. The minimum atomic E-state index is -4.07. The number of nitrogens with two attached hydrogens (primary N) is 1. The fourth-order valence-corrected chi connectivity index (χ4v) is 5.54. The van der Waals surface area contributed by atoms with Crippen LogP contribution in [-0.4, -0.2) is 50.8 Å². The average molecular weight is 652 g/mol. The summed E-state index contributed by atoms with van der Waals surface area (Å²) in [6.45, 7) is 4.04. The fourth-order valence-electron chi connectivity index (χ4n) is 3.77. The van der Waals surface area contributed by atoms with E-state index in [9.17, 15) is 23.1 Å². The molecular formula is C26H36CsN3O6S. The van der Waals surface area contributed by atoms with Gasteiger partial charge in [-0.1, -0.05) is 26.0 Å². The number of ether oxygens (including phenoxy) is 1. The first-order chi connectivity index (χ1) is 17.0. The topological polar surface area (TPSA) is 142 Å². The second kappa shape index (κ2) is 16.8. The number of hydrogen-bond donors (Lipinski definition) is 2. The van der Waals surface area contributed by atoms with E-state index in [1.165, 1.54) is 24.3 Å². The number of rotatable bonds is 15. The number of carboxylic acid groups (broad SMARTS) is 1. The van der Waals surface area contributed by atoms with Gasteiger partial charge in [-0.15, -0.1) is 0 Å². The molecular weight excluding hydrogens is 615 g/mol. The van der Waals surface area contributed by atoms with E-state index in [0.29, 0.717) is 37.9 Å². The van der Waals surface area contributed by atoms with Crippen LogP contribution in [0.2, 0.25) is 0 Å². The number of benzene rings is 2. The van der Waals surface area contributed by atoms with Gasteiger partial charge in [0.05, 0.1) is 24.0 Å². The van der Waals surface area contributed by atoms with E-state index in [4.69, 9.17) is 10.5 Å². The van der Waals surface area contributed by atoms with Crippen LogP contribution in [0.25, 0.3) is 0 Å². The van der Waals surface area contributed by atoms with Crippen molar-refractivity contribution in [2.45, 2.75) is 56.9 Å². The molecule has 2 rings (SSSR count). The second-order valence-electron chi connectivity index (χ2n) is 9.07. The van der Waals surface area contributed by atoms with Gasteiger partial charge in [-0.05, 0) is 73.6 Å². The zero-order valence-electron chi connectivity index (χ0n) is 22.1. The predicted molar refractivity (Wildman–Crippen MR) is 137 cm³/mol. The van der Waals surface area contributed by atoms with Crippen molar-refractivity contribution in [3.8, 4) is 5.75 Å². The number of methoxy groups -OCH3 is 1. The fraction of sp³-hybridized carbons (Fsp3) is 0.462. The summed E-state index contributed by atoms with van der Waals surface area (Å²) in [6.07, 6.45) is 1.87. The van der Waals surface area contributed by atoms with Gasteiger partial charge in [0.2, 0.25) is 15.9 Å². The Balaban J connectivity index is 0.00000684. The molecule has 0 aliphatic carbocycles. The summed E-state index contributed by atoms with van der Waals surface area (Å²) in [5.74, 6) is -0.918. The molecule has 3 N–H and O–H groups in total. The number of sulfonamides is 1. The summed E-state index contributed by atoms with van der Waals surface area (Å²) in [5, 5.41) is 14.8. The molecule has 0 aliphatic rings. The Morgan fingerprint density at radius 1 is 1.11 bits per heavy atom. The predicted octanol–water partition coefficient (Wildman–Crippen LogP) is -1.03. The maximum absolute atomic E-state index is 13.3. The van der Waals surface area contributed by atoms with E-state index in [0.717, 1.165) is 15.6 Å². The van der Waals surface area contributed by atoms with Crippen molar-refractivity contribution in [2.75, 3.05) is 25.9 Å². The molecule has 0 heterocycles. The first kappa shape index (κ1) is 34.0. The molecule has 0 radical (unpaired) electrons. The van der Waals surface area contributed by atoms with Crippen LogP contribution in [0, 0.1) is 5.92 Å². The van der Waals surface area contributed by atoms with Crippen LogP contribution in [0.1, 0.15) is 45.1 Å². The Labute approximate surface area is 279 Å². The van der Waals surface area contributed by atoms with Gasteiger partial charge in [-0.25, -0.2) is 8.42 Å². The van der Waals surface area contributed by atoms with Gasteiger partial charge in [-0.3, -0.25) is 4.79 Å². The largest absolute Gasteiger partial charge is 1.00 e. The minimum Gasteiger partial charge on any atom is -0.548 e. The molecule has 1 atom stereocenters. The summed E-state index contributed by atoms with van der Waals surface area (Å²) in [5.41, 5.74) is 7.07. The van der Waals surface area contributed by atoms with Crippen LogP contribution < -0.4 is 89.8 Å². The first-order valence-electron chi connectivity index (χ1n) is 12.0. The molecule has 0 spiro atoms. The van der Waals surface area contributed by atoms with Gasteiger partial charge in [0, 0.05) is 25.2 Å². The molecule has 11 heteroatoms. The Kier molecular flexibility index (Phi) is 15.4. The van der Waals surface area contributed by atoms with Gasteiger partial charge in [0.25, 0.3) is 0 Å². The molecule has 0 bridgehead atoms. The van der Waals surface area contributed by atoms with E-state index in [2.05, 4.69) is 5.32 Å². The number of aliphatic carboxylic acids is 1. The number of nitrogens with zero attached hydrogens (tertiary/aromatic N) is 1. The van der Waals surface area contributed by atoms with E-state index < -0.39 is 22.0 Å². The standard InChI is InChI=1S/C26H37N3O6S.Cs/c1-19(2)18-29(36(33,34)23-13-11-21(27)12-14-23)24(26(31)32)9-4-5-16-28-25(30)15-10-20-7-6-8-22(17-20)35-3;/h6-8,11-14,17,19,24H,4-5,9-10,15-16,18,27H2,1-3H3,(H,28,30)(H,31,32);/q;+1/p-1/t24-;/m0./s1. The van der Waals surface area contributed by atoms with Gasteiger partial charge < -0.3 is 25.7 Å². The number of amides is 1. The quantitative estimate of drug-likeness (QED) is 0.185.